The Morgan fingerprint density at radius 2 is 2.29 bits per heavy atom. The third-order valence-electron chi connectivity index (χ3n) is 1.77. The number of benzene rings is 1. The van der Waals surface area contributed by atoms with E-state index in [9.17, 15) is 0 Å². The summed E-state index contributed by atoms with van der Waals surface area (Å²) < 4.78 is 6.17. The third-order valence-corrected chi connectivity index (χ3v) is 2.26. The van der Waals surface area contributed by atoms with E-state index in [0.29, 0.717) is 11.4 Å². The molecule has 3 heteroatoms. The topological polar surface area (TPSA) is 35.2 Å². The highest BCUT2D eigenvalue weighted by molar-refractivity contribution is 9.10. The number of methoxy groups -OCH3 is 1. The van der Waals surface area contributed by atoms with Crippen molar-refractivity contribution < 1.29 is 4.74 Å². The number of allylic oxidation sites excluding steroid dienone is 2. The second kappa shape index (κ2) is 4.86. The van der Waals surface area contributed by atoms with Crippen LogP contribution in [0.5, 0.6) is 0 Å². The fourth-order valence-electron chi connectivity index (χ4n) is 1.12. The lowest BCUT2D eigenvalue weighted by Crippen LogP contribution is -1.95. The molecule has 0 saturated carbocycles. The second-order valence-corrected chi connectivity index (χ2v) is 3.62. The second-order valence-electron chi connectivity index (χ2n) is 2.70. The Hall–Kier alpha value is -1.22. The van der Waals surface area contributed by atoms with E-state index in [2.05, 4.69) is 22.5 Å². The molecule has 2 N–H and O–H groups in total. The minimum absolute atomic E-state index is 0.683. The van der Waals surface area contributed by atoms with Gasteiger partial charge in [-0.2, -0.15) is 0 Å². The molecule has 14 heavy (non-hydrogen) atoms. The zero-order valence-electron chi connectivity index (χ0n) is 7.96. The maximum Gasteiger partial charge on any atom is 0.128 e. The Kier molecular flexibility index (Phi) is 3.77. The molecule has 1 aromatic rings. The van der Waals surface area contributed by atoms with Crippen molar-refractivity contribution in [2.75, 3.05) is 12.8 Å². The molecule has 0 saturated heterocycles. The highest BCUT2D eigenvalue weighted by atomic mass is 79.9. The summed E-state index contributed by atoms with van der Waals surface area (Å²) in [5, 5.41) is 0. The summed E-state index contributed by atoms with van der Waals surface area (Å²) in [5.41, 5.74) is 7.37. The molecule has 0 heterocycles. The smallest absolute Gasteiger partial charge is 0.128 e. The first-order chi connectivity index (χ1) is 6.69. The van der Waals surface area contributed by atoms with Crippen LogP contribution in [0.15, 0.2) is 41.4 Å². The zero-order chi connectivity index (χ0) is 10.6. The van der Waals surface area contributed by atoms with E-state index in [4.69, 9.17) is 10.5 Å². The van der Waals surface area contributed by atoms with E-state index in [0.717, 1.165) is 10.0 Å². The van der Waals surface area contributed by atoms with Crippen LogP contribution < -0.4 is 5.73 Å². The van der Waals surface area contributed by atoms with Crippen LogP contribution in [0.4, 0.5) is 5.69 Å². The van der Waals surface area contributed by atoms with Crippen molar-refractivity contribution in [1.82, 2.24) is 0 Å². The van der Waals surface area contributed by atoms with Crippen LogP contribution in [0.25, 0.3) is 5.76 Å². The molecule has 0 aliphatic carbocycles. The number of nitrogens with two attached hydrogens (primary N) is 1. The van der Waals surface area contributed by atoms with Crippen LogP contribution in [-0.4, -0.2) is 7.11 Å². The summed E-state index contributed by atoms with van der Waals surface area (Å²) in [6.07, 6.45) is 3.44. The number of nitrogen functional groups attached to an aromatic ring is 1. The van der Waals surface area contributed by atoms with E-state index >= 15 is 0 Å². The summed E-state index contributed by atoms with van der Waals surface area (Å²) in [4.78, 5) is 0. The van der Waals surface area contributed by atoms with E-state index in [1.54, 1.807) is 19.3 Å². The van der Waals surface area contributed by atoms with Gasteiger partial charge in [-0.25, -0.2) is 0 Å². The molecule has 0 aromatic heterocycles. The average Bonchev–Trinajstić information content (AvgIpc) is 2.18. The number of hydrogen-bond donors (Lipinski definition) is 1. The predicted octanol–water partition coefficient (Wildman–Crippen LogP) is 3.20. The van der Waals surface area contributed by atoms with E-state index < -0.39 is 0 Å². The lowest BCUT2D eigenvalue weighted by atomic mass is 10.1. The molecule has 0 unspecified atom stereocenters. The third kappa shape index (κ3) is 2.39. The Morgan fingerprint density at radius 1 is 1.57 bits per heavy atom. The minimum atomic E-state index is 0.683. The summed E-state index contributed by atoms with van der Waals surface area (Å²) in [6.45, 7) is 3.62. The molecule has 0 aliphatic rings. The zero-order valence-corrected chi connectivity index (χ0v) is 9.54. The molecule has 0 spiro atoms. The van der Waals surface area contributed by atoms with Crippen LogP contribution in [0, 0.1) is 0 Å². The van der Waals surface area contributed by atoms with Crippen LogP contribution in [0.2, 0.25) is 0 Å². The van der Waals surface area contributed by atoms with E-state index in [1.165, 1.54) is 0 Å². The van der Waals surface area contributed by atoms with Gasteiger partial charge in [0, 0.05) is 15.7 Å². The van der Waals surface area contributed by atoms with Crippen LogP contribution in [0.3, 0.4) is 0 Å². The van der Waals surface area contributed by atoms with Gasteiger partial charge in [0.1, 0.15) is 5.76 Å². The molecule has 0 fully saturated rings. The Morgan fingerprint density at radius 3 is 2.86 bits per heavy atom. The number of ether oxygens (including phenoxy) is 1. The van der Waals surface area contributed by atoms with Crippen molar-refractivity contribution in [1.29, 1.82) is 0 Å². The van der Waals surface area contributed by atoms with Gasteiger partial charge in [0.25, 0.3) is 0 Å². The minimum Gasteiger partial charge on any atom is -0.496 e. The molecule has 0 radical (unpaired) electrons. The van der Waals surface area contributed by atoms with Gasteiger partial charge in [0.2, 0.25) is 0 Å². The van der Waals surface area contributed by atoms with Crippen molar-refractivity contribution in [2.24, 2.45) is 0 Å². The van der Waals surface area contributed by atoms with E-state index in [-0.39, 0.29) is 0 Å². The maximum absolute atomic E-state index is 5.82. The molecule has 0 aliphatic heterocycles. The summed E-state index contributed by atoms with van der Waals surface area (Å²) in [7, 11) is 1.61. The normalized spacial score (nSPS) is 11.1. The molecule has 2 nitrogen and oxygen atoms in total. The molecule has 0 amide bonds. The first-order valence-electron chi connectivity index (χ1n) is 4.11. The van der Waals surface area contributed by atoms with Gasteiger partial charge in [-0.05, 0) is 24.3 Å². The highest BCUT2D eigenvalue weighted by Crippen LogP contribution is 2.25. The van der Waals surface area contributed by atoms with Gasteiger partial charge in [-0.15, -0.1) is 0 Å². The monoisotopic (exact) mass is 253 g/mol. The molecular formula is C11H12BrNO. The number of hydrogen-bond acceptors (Lipinski definition) is 2. The van der Waals surface area contributed by atoms with Gasteiger partial charge in [0.05, 0.1) is 7.11 Å². The van der Waals surface area contributed by atoms with Gasteiger partial charge >= 0.3 is 0 Å². The molecule has 1 aromatic carbocycles. The fraction of sp³-hybridized carbons (Fsp3) is 0.0909. The Bertz CT molecular complexity index is 372. The predicted molar refractivity (Wildman–Crippen MR) is 63.7 cm³/mol. The molecule has 1 rings (SSSR count). The van der Waals surface area contributed by atoms with Gasteiger partial charge in [-0.1, -0.05) is 28.6 Å². The molecule has 0 bridgehead atoms. The SMILES string of the molecule is C=C/C=C(/OC)c1cc(Br)ccc1N. The van der Waals surface area contributed by atoms with Crippen molar-refractivity contribution in [3.8, 4) is 0 Å². The number of halogens is 1. The van der Waals surface area contributed by atoms with Gasteiger partial charge in [-0.3, -0.25) is 0 Å². The van der Waals surface area contributed by atoms with Crippen LogP contribution >= 0.6 is 15.9 Å². The summed E-state index contributed by atoms with van der Waals surface area (Å²) in [6, 6.07) is 5.63. The van der Waals surface area contributed by atoms with Crippen molar-refractivity contribution in [3.05, 3.63) is 47.0 Å². The molecule has 74 valence electrons. The Balaban J connectivity index is 3.21. The largest absolute Gasteiger partial charge is 0.496 e. The molecule has 0 atom stereocenters. The van der Waals surface area contributed by atoms with Crippen molar-refractivity contribution >= 4 is 27.4 Å². The van der Waals surface area contributed by atoms with Gasteiger partial charge in [0.15, 0.2) is 0 Å². The number of anilines is 1. The van der Waals surface area contributed by atoms with E-state index in [1.807, 2.05) is 18.2 Å². The summed E-state index contributed by atoms with van der Waals surface area (Å²) >= 11 is 3.38. The van der Waals surface area contributed by atoms with Crippen molar-refractivity contribution in [3.63, 3.8) is 0 Å². The lowest BCUT2D eigenvalue weighted by Gasteiger charge is -2.08. The molecular weight excluding hydrogens is 242 g/mol. The summed E-state index contributed by atoms with van der Waals surface area (Å²) in [5.74, 6) is 0.707. The lowest BCUT2D eigenvalue weighted by molar-refractivity contribution is 0.370. The Labute approximate surface area is 92.2 Å². The van der Waals surface area contributed by atoms with Crippen molar-refractivity contribution in [2.45, 2.75) is 0 Å². The highest BCUT2D eigenvalue weighted by Gasteiger charge is 2.05. The number of rotatable bonds is 3. The first-order valence-corrected chi connectivity index (χ1v) is 4.90. The standard InChI is InChI=1S/C11H12BrNO/c1-3-4-11(14-2)9-7-8(12)5-6-10(9)13/h3-7H,1,13H2,2H3/b11-4+. The van der Waals surface area contributed by atoms with Crippen LogP contribution in [0.1, 0.15) is 5.56 Å². The fourth-order valence-corrected chi connectivity index (χ4v) is 1.48. The first kappa shape index (κ1) is 10.9. The van der Waals surface area contributed by atoms with Gasteiger partial charge < -0.3 is 10.5 Å². The maximum atomic E-state index is 5.82. The van der Waals surface area contributed by atoms with Crippen LogP contribution in [-0.2, 0) is 4.74 Å². The quantitative estimate of drug-likeness (QED) is 0.510. The average molecular weight is 254 g/mol.